The summed E-state index contributed by atoms with van der Waals surface area (Å²) < 4.78 is 6.36. The van der Waals surface area contributed by atoms with E-state index >= 15 is 0 Å². The average Bonchev–Trinajstić information content (AvgIpc) is 3.61. The van der Waals surface area contributed by atoms with E-state index in [-0.39, 0.29) is 32.4 Å². The molecule has 0 bridgehead atoms. The number of hydrogen-bond donors (Lipinski definition) is 0. The van der Waals surface area contributed by atoms with Crippen LogP contribution >= 0.6 is 0 Å². The molecule has 0 fully saturated rings. The largest absolute Gasteiger partial charge is 0.503 e. The maximum absolute atomic E-state index is 6.36. The fraction of sp³-hybridized carbons (Fsp3) is 0.128. The number of benzene rings is 3. The van der Waals surface area contributed by atoms with Crippen LogP contribution in [0.1, 0.15) is 49.1 Å². The Morgan fingerprint density at radius 2 is 1.48 bits per heavy atom. The molecule has 1 unspecified atom stereocenters. The molecule has 3 aromatic heterocycles. The van der Waals surface area contributed by atoms with E-state index in [1.165, 1.54) is 16.7 Å². The van der Waals surface area contributed by atoms with E-state index in [1.54, 1.807) is 18.6 Å². The van der Waals surface area contributed by atoms with Gasteiger partial charge in [-0.15, -0.1) is 29.9 Å². The minimum absolute atomic E-state index is 0. The molecular weight excluding hydrogens is 750 g/mol. The summed E-state index contributed by atoms with van der Waals surface area (Å²) >= 11 is 0. The zero-order valence-electron chi connectivity index (χ0n) is 25.6. The van der Waals surface area contributed by atoms with Crippen molar-refractivity contribution in [1.82, 2.24) is 15.0 Å². The summed E-state index contributed by atoms with van der Waals surface area (Å²) in [6.07, 6.45) is 7.27. The molecule has 230 valence electrons. The monoisotopic (exact) mass is 779 g/mol. The van der Waals surface area contributed by atoms with Crippen molar-refractivity contribution >= 4 is 22.7 Å². The second kappa shape index (κ2) is 11.8. The van der Waals surface area contributed by atoms with Crippen molar-refractivity contribution in [3.05, 3.63) is 157 Å². The maximum atomic E-state index is 6.36. The fourth-order valence-corrected chi connectivity index (χ4v) is 6.21. The third-order valence-electron chi connectivity index (χ3n) is 8.44. The van der Waals surface area contributed by atoms with Crippen LogP contribution in [0.4, 0.5) is 22.7 Å². The number of aromatic nitrogens is 3. The molecule has 6 aromatic rings. The number of ether oxygens (including phenoxy) is 1. The Morgan fingerprint density at radius 3 is 2.28 bits per heavy atom. The average molecular weight is 780 g/mol. The van der Waals surface area contributed by atoms with Crippen molar-refractivity contribution in [2.24, 2.45) is 0 Å². The number of rotatable bonds is 5. The van der Waals surface area contributed by atoms with Gasteiger partial charge in [-0.25, -0.2) is 0 Å². The first kappa shape index (κ1) is 29.9. The normalized spacial score (nSPS) is 14.7. The Labute approximate surface area is 284 Å². The Morgan fingerprint density at radius 1 is 0.739 bits per heavy atom. The molecule has 1 atom stereocenters. The summed E-state index contributed by atoms with van der Waals surface area (Å²) in [5, 5.41) is 0. The van der Waals surface area contributed by atoms with Crippen LogP contribution < -0.4 is 14.5 Å². The van der Waals surface area contributed by atoms with Crippen LogP contribution in [-0.4, -0.2) is 15.0 Å². The Hall–Kier alpha value is -4.80. The van der Waals surface area contributed by atoms with E-state index in [0.717, 1.165) is 39.6 Å². The van der Waals surface area contributed by atoms with Gasteiger partial charge in [-0.3, -0.25) is 15.0 Å². The summed E-state index contributed by atoms with van der Waals surface area (Å²) in [5.41, 5.74) is 10.9. The second-order valence-electron chi connectivity index (χ2n) is 12.3. The quantitative estimate of drug-likeness (QED) is 0.163. The van der Waals surface area contributed by atoms with Crippen LogP contribution in [0.5, 0.6) is 11.6 Å². The second-order valence-corrected chi connectivity index (χ2v) is 12.3. The Kier molecular flexibility index (Phi) is 7.70. The first-order chi connectivity index (χ1) is 21.9. The van der Waals surface area contributed by atoms with Crippen LogP contribution in [0.25, 0.3) is 11.1 Å². The number of pyridine rings is 3. The van der Waals surface area contributed by atoms with E-state index in [0.29, 0.717) is 11.6 Å². The van der Waals surface area contributed by atoms with Crippen molar-refractivity contribution in [3.8, 4) is 22.8 Å². The van der Waals surface area contributed by atoms with Gasteiger partial charge in [0.05, 0.1) is 5.69 Å². The molecule has 46 heavy (non-hydrogen) atoms. The molecule has 2 aliphatic rings. The molecule has 1 aliphatic heterocycles. The molecule has 0 saturated carbocycles. The minimum atomic E-state index is -0.0415. The maximum Gasteiger partial charge on any atom is 0.123 e. The summed E-state index contributed by atoms with van der Waals surface area (Å²) in [4.78, 5) is 17.8. The van der Waals surface area contributed by atoms with E-state index in [2.05, 4.69) is 114 Å². The number of fused-ring (bicyclic) bond motifs is 4. The topological polar surface area (TPSA) is 54.4 Å². The predicted octanol–water partition coefficient (Wildman–Crippen LogP) is 9.13. The molecule has 8 rings (SSSR count). The molecule has 4 heterocycles. The van der Waals surface area contributed by atoms with Crippen LogP contribution in [0.2, 0.25) is 0 Å². The van der Waals surface area contributed by atoms with Gasteiger partial charge in [0.15, 0.2) is 0 Å². The first-order valence-electron chi connectivity index (χ1n) is 15.0. The molecule has 0 N–H and O–H groups in total. The van der Waals surface area contributed by atoms with Crippen molar-refractivity contribution < 1.29 is 25.8 Å². The van der Waals surface area contributed by atoms with Gasteiger partial charge < -0.3 is 14.5 Å². The van der Waals surface area contributed by atoms with Crippen LogP contribution in [0, 0.1) is 18.8 Å². The van der Waals surface area contributed by atoms with Crippen molar-refractivity contribution in [3.63, 3.8) is 0 Å². The van der Waals surface area contributed by atoms with Gasteiger partial charge in [0.2, 0.25) is 0 Å². The minimum Gasteiger partial charge on any atom is -0.503 e. The molecule has 6 nitrogen and oxygen atoms in total. The van der Waals surface area contributed by atoms with Gasteiger partial charge in [0.25, 0.3) is 0 Å². The number of para-hydroxylation sites is 2. The molecular formula is C39H30N5OPt-3. The standard InChI is InChI=1S/C39H30N5O.Pt/c1-39(2,3)26-14-20-41-34(22-26)38-32-9-5-4-8-30(32)31-13-12-29(24-33(31)38)45-37-23-28(17-21-42-37)44-25-43(27-15-18-40-19-16-27)35-10-6-7-11-36(35)44;/h4-22,25,38H,1-3H3;/q-3;. The summed E-state index contributed by atoms with van der Waals surface area (Å²) in [5.74, 6) is 0.917. The summed E-state index contributed by atoms with van der Waals surface area (Å²) in [7, 11) is 0. The zero-order chi connectivity index (χ0) is 30.5. The zero-order valence-corrected chi connectivity index (χ0v) is 27.9. The molecule has 3 aromatic carbocycles. The SMILES string of the molecule is CC(C)(C)c1ccnc(C2c3[c-]c(Oc4[c-]c(N5[CH-]N(c6ccncc6)c6ccccc65)ccn4)ccc3-c3ccccc32)c1.[Pt]. The molecule has 0 amide bonds. The third kappa shape index (κ3) is 5.27. The van der Waals surface area contributed by atoms with Gasteiger partial charge in [0.1, 0.15) is 5.88 Å². The Bertz CT molecular complexity index is 2040. The smallest absolute Gasteiger partial charge is 0.123 e. The summed E-state index contributed by atoms with van der Waals surface area (Å²) in [6.45, 7) is 8.74. The molecule has 0 radical (unpaired) electrons. The molecule has 0 spiro atoms. The van der Waals surface area contributed by atoms with Crippen molar-refractivity contribution in [2.75, 3.05) is 9.80 Å². The predicted molar refractivity (Wildman–Crippen MR) is 177 cm³/mol. The van der Waals surface area contributed by atoms with Gasteiger partial charge >= 0.3 is 0 Å². The fourth-order valence-electron chi connectivity index (χ4n) is 6.21. The van der Waals surface area contributed by atoms with Gasteiger partial charge in [-0.05, 0) is 59.1 Å². The molecule has 7 heteroatoms. The molecule has 1 aliphatic carbocycles. The van der Waals surface area contributed by atoms with Gasteiger partial charge in [-0.2, -0.15) is 23.9 Å². The van der Waals surface area contributed by atoms with E-state index < -0.39 is 0 Å². The van der Waals surface area contributed by atoms with Gasteiger partial charge in [0, 0.05) is 68.4 Å². The van der Waals surface area contributed by atoms with Gasteiger partial charge in [-0.1, -0.05) is 62.7 Å². The number of nitrogens with zero attached hydrogens (tertiary/aromatic N) is 5. The van der Waals surface area contributed by atoms with Crippen molar-refractivity contribution in [2.45, 2.75) is 32.1 Å². The van der Waals surface area contributed by atoms with E-state index in [9.17, 15) is 0 Å². The molecule has 0 saturated heterocycles. The van der Waals surface area contributed by atoms with E-state index in [1.807, 2.05) is 42.6 Å². The van der Waals surface area contributed by atoms with Crippen LogP contribution in [0.3, 0.4) is 0 Å². The van der Waals surface area contributed by atoms with Crippen molar-refractivity contribution in [1.29, 1.82) is 0 Å². The Balaban J connectivity index is 0.00000338. The van der Waals surface area contributed by atoms with Crippen LogP contribution in [-0.2, 0) is 26.5 Å². The van der Waals surface area contributed by atoms with Crippen LogP contribution in [0.15, 0.2) is 116 Å². The number of anilines is 4. The third-order valence-corrected chi connectivity index (χ3v) is 8.44. The number of hydrogen-bond acceptors (Lipinski definition) is 6. The summed E-state index contributed by atoms with van der Waals surface area (Å²) in [6, 6.07) is 38.1. The van der Waals surface area contributed by atoms with E-state index in [4.69, 9.17) is 9.72 Å². The first-order valence-corrected chi connectivity index (χ1v) is 15.0.